The van der Waals surface area contributed by atoms with E-state index in [1.807, 2.05) is 0 Å². The molecule has 0 fully saturated rings. The van der Waals surface area contributed by atoms with Crippen molar-refractivity contribution in [1.29, 1.82) is 0 Å². The lowest BCUT2D eigenvalue weighted by atomic mass is 10.3. The summed E-state index contributed by atoms with van der Waals surface area (Å²) in [6, 6.07) is 3.85. The van der Waals surface area contributed by atoms with Gasteiger partial charge in [0.2, 0.25) is 5.96 Å². The lowest BCUT2D eigenvalue weighted by molar-refractivity contribution is 0.146. The molecule has 0 unspecified atom stereocenters. The first kappa shape index (κ1) is 14.7. The van der Waals surface area contributed by atoms with Crippen molar-refractivity contribution in [3.8, 4) is 5.75 Å². The molecule has 0 spiro atoms. The summed E-state index contributed by atoms with van der Waals surface area (Å²) in [6.07, 6.45) is 0. The van der Waals surface area contributed by atoms with Gasteiger partial charge in [-0.05, 0) is 12.1 Å². The van der Waals surface area contributed by atoms with Crippen LogP contribution in [0.4, 0.5) is 10.1 Å². The van der Waals surface area contributed by atoms with E-state index in [9.17, 15) is 4.39 Å². The molecular weight excluding hydrogens is 253 g/mol. The number of hydrogen-bond donors (Lipinski definition) is 3. The number of halogens is 1. The highest BCUT2D eigenvalue weighted by molar-refractivity contribution is 5.93. The number of ether oxygens (including phenoxy) is 2. The summed E-state index contributed by atoms with van der Waals surface area (Å²) in [7, 11) is 1.55. The maximum absolute atomic E-state index is 13.2. The number of nitrogens with zero attached hydrogens (tertiary/aromatic N) is 2. The molecule has 104 valence electrons. The summed E-state index contributed by atoms with van der Waals surface area (Å²) in [6.45, 7) is 0.691. The van der Waals surface area contributed by atoms with E-state index in [-0.39, 0.29) is 17.6 Å². The first-order valence-electron chi connectivity index (χ1n) is 5.38. The number of benzene rings is 1. The molecule has 0 aliphatic heterocycles. The van der Waals surface area contributed by atoms with Crippen molar-refractivity contribution in [3.63, 3.8) is 0 Å². The van der Waals surface area contributed by atoms with Gasteiger partial charge in [-0.25, -0.2) is 9.38 Å². The van der Waals surface area contributed by atoms with Gasteiger partial charge in [0.15, 0.2) is 5.96 Å². The average Bonchev–Trinajstić information content (AvgIpc) is 2.31. The Labute approximate surface area is 109 Å². The number of methoxy groups -OCH3 is 1. The SMILES string of the molecule is COCCOc1ccc(F)cc1N=C(N)N=C(N)N. The van der Waals surface area contributed by atoms with Gasteiger partial charge in [0.1, 0.15) is 23.9 Å². The van der Waals surface area contributed by atoms with Crippen LogP contribution in [0.3, 0.4) is 0 Å². The molecular formula is C11H16FN5O2. The minimum atomic E-state index is -0.477. The second kappa shape index (κ2) is 7.17. The first-order chi connectivity index (χ1) is 9.02. The monoisotopic (exact) mass is 269 g/mol. The van der Waals surface area contributed by atoms with Crippen molar-refractivity contribution in [2.45, 2.75) is 0 Å². The Morgan fingerprint density at radius 2 is 2.00 bits per heavy atom. The lowest BCUT2D eigenvalue weighted by Gasteiger charge is -2.08. The second-order valence-electron chi connectivity index (χ2n) is 3.46. The number of rotatable bonds is 5. The maximum Gasteiger partial charge on any atom is 0.223 e. The Morgan fingerprint density at radius 1 is 1.26 bits per heavy atom. The van der Waals surface area contributed by atoms with Crippen LogP contribution in [0, 0.1) is 5.82 Å². The first-order valence-corrected chi connectivity index (χ1v) is 5.38. The van der Waals surface area contributed by atoms with Gasteiger partial charge in [0.05, 0.1) is 6.61 Å². The molecule has 0 amide bonds. The molecule has 1 aromatic rings. The Balaban J connectivity index is 2.97. The number of guanidine groups is 2. The minimum Gasteiger partial charge on any atom is -0.489 e. The largest absolute Gasteiger partial charge is 0.489 e. The zero-order chi connectivity index (χ0) is 14.3. The smallest absolute Gasteiger partial charge is 0.223 e. The summed E-state index contributed by atoms with van der Waals surface area (Å²) < 4.78 is 23.4. The summed E-state index contributed by atoms with van der Waals surface area (Å²) >= 11 is 0. The van der Waals surface area contributed by atoms with Gasteiger partial charge >= 0.3 is 0 Å². The van der Waals surface area contributed by atoms with Gasteiger partial charge < -0.3 is 26.7 Å². The second-order valence-corrected chi connectivity index (χ2v) is 3.46. The molecule has 8 heteroatoms. The van der Waals surface area contributed by atoms with E-state index in [2.05, 4.69) is 9.98 Å². The molecule has 0 radical (unpaired) electrons. The molecule has 0 aromatic heterocycles. The minimum absolute atomic E-state index is 0.192. The van der Waals surface area contributed by atoms with Crippen LogP contribution in [-0.2, 0) is 4.74 Å². The number of nitrogens with two attached hydrogens (primary N) is 3. The fourth-order valence-electron chi connectivity index (χ4n) is 1.22. The molecule has 7 nitrogen and oxygen atoms in total. The number of aliphatic imine (C=N–C) groups is 2. The van der Waals surface area contributed by atoms with E-state index >= 15 is 0 Å². The van der Waals surface area contributed by atoms with Crippen LogP contribution in [0.1, 0.15) is 0 Å². The molecule has 0 aliphatic carbocycles. The predicted octanol–water partition coefficient (Wildman–Crippen LogP) is 0.0705. The highest BCUT2D eigenvalue weighted by Crippen LogP contribution is 2.28. The topological polar surface area (TPSA) is 121 Å². The molecule has 19 heavy (non-hydrogen) atoms. The van der Waals surface area contributed by atoms with E-state index in [1.165, 1.54) is 12.1 Å². The fraction of sp³-hybridized carbons (Fsp3) is 0.273. The van der Waals surface area contributed by atoms with Crippen molar-refractivity contribution in [3.05, 3.63) is 24.0 Å². The molecule has 0 saturated carbocycles. The molecule has 0 heterocycles. The van der Waals surface area contributed by atoms with Gasteiger partial charge in [-0.3, -0.25) is 0 Å². The van der Waals surface area contributed by atoms with Crippen LogP contribution in [0.25, 0.3) is 0 Å². The van der Waals surface area contributed by atoms with Crippen molar-refractivity contribution in [2.75, 3.05) is 20.3 Å². The zero-order valence-electron chi connectivity index (χ0n) is 10.5. The molecule has 0 aliphatic rings. The van der Waals surface area contributed by atoms with Crippen LogP contribution in [0.5, 0.6) is 5.75 Å². The average molecular weight is 269 g/mol. The van der Waals surface area contributed by atoms with Crippen LogP contribution >= 0.6 is 0 Å². The molecule has 1 aromatic carbocycles. The summed E-state index contributed by atoms with van der Waals surface area (Å²) in [5.74, 6) is -0.552. The third-order valence-electron chi connectivity index (χ3n) is 1.94. The van der Waals surface area contributed by atoms with E-state index in [0.29, 0.717) is 19.0 Å². The Kier molecular flexibility index (Phi) is 5.55. The van der Waals surface area contributed by atoms with E-state index in [0.717, 1.165) is 6.07 Å². The summed E-state index contributed by atoms with van der Waals surface area (Å²) in [4.78, 5) is 7.42. The third-order valence-corrected chi connectivity index (χ3v) is 1.94. The van der Waals surface area contributed by atoms with E-state index < -0.39 is 5.82 Å². The van der Waals surface area contributed by atoms with Gasteiger partial charge in [0, 0.05) is 13.2 Å². The van der Waals surface area contributed by atoms with Crippen LogP contribution in [0.2, 0.25) is 0 Å². The molecule has 0 saturated heterocycles. The lowest BCUT2D eigenvalue weighted by Crippen LogP contribution is -2.26. The van der Waals surface area contributed by atoms with E-state index in [1.54, 1.807) is 7.11 Å². The van der Waals surface area contributed by atoms with Gasteiger partial charge in [-0.2, -0.15) is 4.99 Å². The quantitative estimate of drug-likeness (QED) is 0.397. The molecule has 0 atom stereocenters. The highest BCUT2D eigenvalue weighted by Gasteiger charge is 2.05. The van der Waals surface area contributed by atoms with E-state index in [4.69, 9.17) is 26.7 Å². The van der Waals surface area contributed by atoms with Gasteiger partial charge in [-0.1, -0.05) is 0 Å². The maximum atomic E-state index is 13.2. The van der Waals surface area contributed by atoms with Crippen LogP contribution in [0.15, 0.2) is 28.2 Å². The van der Waals surface area contributed by atoms with Crippen molar-refractivity contribution >= 4 is 17.6 Å². The van der Waals surface area contributed by atoms with Crippen molar-refractivity contribution < 1.29 is 13.9 Å². The Hall–Kier alpha value is -2.35. The third kappa shape index (κ3) is 5.21. The standard InChI is InChI=1S/C11H16FN5O2/c1-18-4-5-19-9-3-2-7(12)6-8(9)16-11(15)17-10(13)14/h2-3,6H,4-5H2,1H3,(H6,13,14,15,16,17). The summed E-state index contributed by atoms with van der Waals surface area (Å²) in [5.41, 5.74) is 16.0. The van der Waals surface area contributed by atoms with Gasteiger partial charge in [-0.15, -0.1) is 0 Å². The Bertz CT molecular complexity index is 486. The fourth-order valence-corrected chi connectivity index (χ4v) is 1.22. The molecule has 6 N–H and O–H groups in total. The highest BCUT2D eigenvalue weighted by atomic mass is 19.1. The normalized spacial score (nSPS) is 11.2. The predicted molar refractivity (Wildman–Crippen MR) is 70.9 cm³/mol. The summed E-state index contributed by atoms with van der Waals surface area (Å²) in [5, 5.41) is 0. The zero-order valence-corrected chi connectivity index (χ0v) is 10.5. The van der Waals surface area contributed by atoms with Gasteiger partial charge in [0.25, 0.3) is 0 Å². The van der Waals surface area contributed by atoms with Crippen molar-refractivity contribution in [1.82, 2.24) is 0 Å². The van der Waals surface area contributed by atoms with Crippen LogP contribution in [-0.4, -0.2) is 32.2 Å². The van der Waals surface area contributed by atoms with Crippen molar-refractivity contribution in [2.24, 2.45) is 27.2 Å². The molecule has 1 rings (SSSR count). The molecule has 0 bridgehead atoms. The number of hydrogen-bond acceptors (Lipinski definition) is 3. The van der Waals surface area contributed by atoms with Crippen LogP contribution < -0.4 is 21.9 Å². The Morgan fingerprint density at radius 3 is 2.63 bits per heavy atom.